The zero-order chi connectivity index (χ0) is 12.7. The Bertz CT molecular complexity index is 707. The number of fused-ring (bicyclic) bond motifs is 1. The van der Waals surface area contributed by atoms with Gasteiger partial charge < -0.3 is 15.3 Å². The highest BCUT2D eigenvalue weighted by Crippen LogP contribution is 2.25. The van der Waals surface area contributed by atoms with Gasteiger partial charge in [-0.15, -0.1) is 0 Å². The van der Waals surface area contributed by atoms with E-state index < -0.39 is 0 Å². The number of hydrogen-bond donors (Lipinski definition) is 2. The molecule has 5 nitrogen and oxygen atoms in total. The molecular weight excluding hydrogens is 226 g/mol. The lowest BCUT2D eigenvalue weighted by Gasteiger charge is -2.01. The predicted octanol–water partition coefficient (Wildman–Crippen LogP) is 1.73. The summed E-state index contributed by atoms with van der Waals surface area (Å²) in [6.07, 6.45) is 1.70. The van der Waals surface area contributed by atoms with Crippen molar-refractivity contribution in [2.75, 3.05) is 0 Å². The molecule has 0 amide bonds. The van der Waals surface area contributed by atoms with Gasteiger partial charge in [-0.3, -0.25) is 0 Å². The van der Waals surface area contributed by atoms with Crippen LogP contribution in [0.2, 0.25) is 0 Å². The van der Waals surface area contributed by atoms with Gasteiger partial charge in [-0.25, -0.2) is 9.97 Å². The van der Waals surface area contributed by atoms with Crippen molar-refractivity contribution in [2.24, 2.45) is 12.8 Å². The molecule has 3 aromatic rings. The Morgan fingerprint density at radius 2 is 2.22 bits per heavy atom. The maximum atomic E-state index is 5.69. The SMILES string of the molecule is Cc1c(-c2ccc3nc[nH]c3c2)nc(CN)n1C. The first-order chi connectivity index (χ1) is 8.70. The van der Waals surface area contributed by atoms with Crippen molar-refractivity contribution in [3.63, 3.8) is 0 Å². The lowest BCUT2D eigenvalue weighted by atomic mass is 10.1. The first kappa shape index (κ1) is 11.0. The van der Waals surface area contributed by atoms with Crippen molar-refractivity contribution in [3.05, 3.63) is 36.0 Å². The van der Waals surface area contributed by atoms with Crippen molar-refractivity contribution >= 4 is 11.0 Å². The number of nitrogens with two attached hydrogens (primary N) is 1. The van der Waals surface area contributed by atoms with Crippen LogP contribution in [0.25, 0.3) is 22.3 Å². The molecule has 2 aromatic heterocycles. The Labute approximate surface area is 105 Å². The van der Waals surface area contributed by atoms with Gasteiger partial charge in [0.1, 0.15) is 5.82 Å². The van der Waals surface area contributed by atoms with E-state index in [-0.39, 0.29) is 0 Å². The minimum atomic E-state index is 0.448. The van der Waals surface area contributed by atoms with Crippen molar-refractivity contribution in [2.45, 2.75) is 13.5 Å². The molecular formula is C13H15N5. The van der Waals surface area contributed by atoms with Crippen LogP contribution in [-0.4, -0.2) is 19.5 Å². The Hall–Kier alpha value is -2.14. The van der Waals surface area contributed by atoms with Gasteiger partial charge >= 0.3 is 0 Å². The Morgan fingerprint density at radius 1 is 1.39 bits per heavy atom. The highest BCUT2D eigenvalue weighted by molar-refractivity contribution is 5.81. The summed E-state index contributed by atoms with van der Waals surface area (Å²) >= 11 is 0. The number of aromatic nitrogens is 4. The maximum Gasteiger partial charge on any atom is 0.123 e. The second-order valence-corrected chi connectivity index (χ2v) is 4.36. The molecule has 0 fully saturated rings. The van der Waals surface area contributed by atoms with E-state index in [4.69, 9.17) is 5.73 Å². The van der Waals surface area contributed by atoms with E-state index in [1.807, 2.05) is 23.7 Å². The summed E-state index contributed by atoms with van der Waals surface area (Å²) in [5.41, 5.74) is 10.9. The Kier molecular flexibility index (Phi) is 2.41. The number of benzene rings is 1. The molecule has 0 aliphatic rings. The van der Waals surface area contributed by atoms with Gasteiger partial charge in [0, 0.05) is 18.3 Å². The summed E-state index contributed by atoms with van der Waals surface area (Å²) in [5.74, 6) is 0.896. The van der Waals surface area contributed by atoms with Crippen LogP contribution in [0, 0.1) is 6.92 Å². The van der Waals surface area contributed by atoms with Gasteiger partial charge in [-0.05, 0) is 19.1 Å². The van der Waals surface area contributed by atoms with Crippen molar-refractivity contribution < 1.29 is 0 Å². The topological polar surface area (TPSA) is 72.5 Å². The molecule has 0 spiro atoms. The number of imidazole rings is 2. The normalized spacial score (nSPS) is 11.3. The first-order valence-corrected chi connectivity index (χ1v) is 5.86. The smallest absolute Gasteiger partial charge is 0.123 e. The molecule has 0 atom stereocenters. The number of nitrogens with zero attached hydrogens (tertiary/aromatic N) is 3. The standard InChI is InChI=1S/C13H15N5/c1-8-13(17-12(6-14)18(8)2)9-3-4-10-11(5-9)16-7-15-10/h3-5,7H,6,14H2,1-2H3,(H,15,16). The van der Waals surface area contributed by atoms with E-state index in [1.165, 1.54) is 0 Å². The molecule has 0 saturated heterocycles. The average Bonchev–Trinajstić information content (AvgIpc) is 2.95. The quantitative estimate of drug-likeness (QED) is 0.717. The minimum Gasteiger partial charge on any atom is -0.345 e. The van der Waals surface area contributed by atoms with E-state index in [1.54, 1.807) is 6.33 Å². The summed E-state index contributed by atoms with van der Waals surface area (Å²) in [6, 6.07) is 6.11. The molecule has 0 aliphatic carbocycles. The lowest BCUT2D eigenvalue weighted by molar-refractivity contribution is 0.774. The third-order valence-electron chi connectivity index (χ3n) is 3.35. The third-order valence-corrected chi connectivity index (χ3v) is 3.35. The molecule has 92 valence electrons. The summed E-state index contributed by atoms with van der Waals surface area (Å²) in [4.78, 5) is 11.9. The molecule has 0 aliphatic heterocycles. The van der Waals surface area contributed by atoms with Gasteiger partial charge in [0.2, 0.25) is 0 Å². The number of rotatable bonds is 2. The van der Waals surface area contributed by atoms with Gasteiger partial charge in [0.15, 0.2) is 0 Å². The second-order valence-electron chi connectivity index (χ2n) is 4.36. The highest BCUT2D eigenvalue weighted by atomic mass is 15.1. The third kappa shape index (κ3) is 1.52. The fraction of sp³-hybridized carbons (Fsp3) is 0.231. The highest BCUT2D eigenvalue weighted by Gasteiger charge is 2.12. The molecule has 3 N–H and O–H groups in total. The average molecular weight is 241 g/mol. The van der Waals surface area contributed by atoms with E-state index >= 15 is 0 Å². The predicted molar refractivity (Wildman–Crippen MR) is 70.9 cm³/mol. The van der Waals surface area contributed by atoms with E-state index in [0.29, 0.717) is 6.54 Å². The van der Waals surface area contributed by atoms with Crippen LogP contribution >= 0.6 is 0 Å². The number of H-pyrrole nitrogens is 1. The van der Waals surface area contributed by atoms with E-state index in [9.17, 15) is 0 Å². The first-order valence-electron chi connectivity index (χ1n) is 5.86. The lowest BCUT2D eigenvalue weighted by Crippen LogP contribution is -2.05. The van der Waals surface area contributed by atoms with Crippen LogP contribution in [0.3, 0.4) is 0 Å². The van der Waals surface area contributed by atoms with Crippen LogP contribution in [0.15, 0.2) is 24.5 Å². The van der Waals surface area contributed by atoms with Crippen LogP contribution < -0.4 is 5.73 Å². The summed E-state index contributed by atoms with van der Waals surface area (Å²) < 4.78 is 2.03. The minimum absolute atomic E-state index is 0.448. The van der Waals surface area contributed by atoms with Crippen LogP contribution in [0.4, 0.5) is 0 Å². The molecule has 0 radical (unpaired) electrons. The maximum absolute atomic E-state index is 5.69. The van der Waals surface area contributed by atoms with Crippen LogP contribution in [-0.2, 0) is 13.6 Å². The molecule has 3 rings (SSSR count). The summed E-state index contributed by atoms with van der Waals surface area (Å²) in [5, 5.41) is 0. The van der Waals surface area contributed by atoms with Crippen LogP contribution in [0.1, 0.15) is 11.5 Å². The zero-order valence-corrected chi connectivity index (χ0v) is 10.4. The number of hydrogen-bond acceptors (Lipinski definition) is 3. The zero-order valence-electron chi connectivity index (χ0n) is 10.4. The molecule has 2 heterocycles. The summed E-state index contributed by atoms with van der Waals surface area (Å²) in [7, 11) is 1.99. The number of nitrogens with one attached hydrogen (secondary N) is 1. The van der Waals surface area contributed by atoms with Crippen molar-refractivity contribution in [1.82, 2.24) is 19.5 Å². The molecule has 18 heavy (non-hydrogen) atoms. The fourth-order valence-electron chi connectivity index (χ4n) is 2.18. The fourth-order valence-corrected chi connectivity index (χ4v) is 2.18. The Balaban J connectivity index is 2.19. The van der Waals surface area contributed by atoms with E-state index in [2.05, 4.69) is 27.9 Å². The van der Waals surface area contributed by atoms with E-state index in [0.717, 1.165) is 33.8 Å². The van der Waals surface area contributed by atoms with Gasteiger partial charge in [0.25, 0.3) is 0 Å². The van der Waals surface area contributed by atoms with Gasteiger partial charge in [-0.2, -0.15) is 0 Å². The Morgan fingerprint density at radius 3 is 2.94 bits per heavy atom. The summed E-state index contributed by atoms with van der Waals surface area (Å²) in [6.45, 7) is 2.50. The van der Waals surface area contributed by atoms with Crippen LogP contribution in [0.5, 0.6) is 0 Å². The molecule has 1 aromatic carbocycles. The van der Waals surface area contributed by atoms with Gasteiger partial charge in [0.05, 0.1) is 29.6 Å². The molecule has 5 heteroatoms. The molecule has 0 unspecified atom stereocenters. The largest absolute Gasteiger partial charge is 0.345 e. The molecule has 0 saturated carbocycles. The monoisotopic (exact) mass is 241 g/mol. The van der Waals surface area contributed by atoms with Crippen molar-refractivity contribution in [1.29, 1.82) is 0 Å². The van der Waals surface area contributed by atoms with Crippen molar-refractivity contribution in [3.8, 4) is 11.3 Å². The number of aromatic amines is 1. The molecule has 0 bridgehead atoms. The van der Waals surface area contributed by atoms with Gasteiger partial charge in [-0.1, -0.05) is 6.07 Å². The second kappa shape index (κ2) is 3.96.